The van der Waals surface area contributed by atoms with Gasteiger partial charge in [-0.25, -0.2) is 4.79 Å². The molecule has 2 atom stereocenters. The lowest BCUT2D eigenvalue weighted by Gasteiger charge is -2.31. The van der Waals surface area contributed by atoms with E-state index >= 15 is 0 Å². The number of benzene rings is 1. The SMILES string of the molecule is COC(=O)CNC(C(=O)NC(C)(C)C)[C@H](Cc1c[nH]c2ccccc12)NC(=O)OC(C)(C)C. The second-order valence-electron chi connectivity index (χ2n) is 9.99. The average molecular weight is 461 g/mol. The fourth-order valence-electron chi connectivity index (χ4n) is 3.38. The Bertz CT molecular complexity index is 971. The number of hydrogen-bond acceptors (Lipinski definition) is 6. The van der Waals surface area contributed by atoms with Crippen molar-refractivity contribution >= 4 is 28.9 Å². The first kappa shape index (κ1) is 26.2. The van der Waals surface area contributed by atoms with Crippen LogP contribution in [0.1, 0.15) is 47.1 Å². The normalized spacial score (nSPS) is 13.8. The number of H-pyrrole nitrogens is 1. The summed E-state index contributed by atoms with van der Waals surface area (Å²) >= 11 is 0. The predicted molar refractivity (Wildman–Crippen MR) is 127 cm³/mol. The van der Waals surface area contributed by atoms with Gasteiger partial charge in [0, 0.05) is 22.6 Å². The van der Waals surface area contributed by atoms with E-state index in [0.29, 0.717) is 6.42 Å². The molecule has 182 valence electrons. The van der Waals surface area contributed by atoms with Crippen LogP contribution in [0, 0.1) is 0 Å². The third-order valence-corrected chi connectivity index (χ3v) is 4.69. The van der Waals surface area contributed by atoms with Gasteiger partial charge in [0.05, 0.1) is 19.7 Å². The van der Waals surface area contributed by atoms with Gasteiger partial charge in [0.15, 0.2) is 0 Å². The Morgan fingerprint density at radius 3 is 2.33 bits per heavy atom. The number of hydrogen-bond donors (Lipinski definition) is 4. The molecule has 0 aliphatic rings. The van der Waals surface area contributed by atoms with E-state index in [4.69, 9.17) is 9.47 Å². The molecule has 2 aromatic rings. The van der Waals surface area contributed by atoms with Gasteiger partial charge in [-0.15, -0.1) is 0 Å². The molecule has 0 spiro atoms. The van der Waals surface area contributed by atoms with Crippen LogP contribution in [-0.2, 0) is 25.5 Å². The van der Waals surface area contributed by atoms with Crippen molar-refractivity contribution in [2.24, 2.45) is 0 Å². The maximum absolute atomic E-state index is 13.2. The zero-order valence-corrected chi connectivity index (χ0v) is 20.5. The van der Waals surface area contributed by atoms with Crippen molar-refractivity contribution in [1.82, 2.24) is 20.9 Å². The first-order valence-corrected chi connectivity index (χ1v) is 11.0. The van der Waals surface area contributed by atoms with Crippen LogP contribution in [0.5, 0.6) is 0 Å². The lowest BCUT2D eigenvalue weighted by atomic mass is 9.97. The number of amides is 2. The zero-order valence-electron chi connectivity index (χ0n) is 20.5. The number of ether oxygens (including phenoxy) is 2. The number of nitrogens with one attached hydrogen (secondary N) is 4. The summed E-state index contributed by atoms with van der Waals surface area (Å²) in [5, 5.41) is 9.70. The van der Waals surface area contributed by atoms with E-state index < -0.39 is 35.3 Å². The fraction of sp³-hybridized carbons (Fsp3) is 0.542. The van der Waals surface area contributed by atoms with Gasteiger partial charge in [0.1, 0.15) is 11.6 Å². The number of aromatic nitrogens is 1. The highest BCUT2D eigenvalue weighted by atomic mass is 16.6. The molecule has 9 nitrogen and oxygen atoms in total. The van der Waals surface area contributed by atoms with Crippen molar-refractivity contribution in [3.05, 3.63) is 36.0 Å². The third-order valence-electron chi connectivity index (χ3n) is 4.69. The molecule has 0 bridgehead atoms. The van der Waals surface area contributed by atoms with E-state index in [1.807, 2.05) is 51.2 Å². The van der Waals surface area contributed by atoms with Crippen LogP contribution in [0.2, 0.25) is 0 Å². The molecule has 1 aromatic carbocycles. The van der Waals surface area contributed by atoms with Crippen LogP contribution in [0.4, 0.5) is 4.79 Å². The summed E-state index contributed by atoms with van der Waals surface area (Å²) in [4.78, 5) is 40.9. The minimum absolute atomic E-state index is 0.195. The van der Waals surface area contributed by atoms with Gasteiger partial charge in [0.2, 0.25) is 5.91 Å². The van der Waals surface area contributed by atoms with Crippen LogP contribution in [0.25, 0.3) is 10.9 Å². The molecular weight excluding hydrogens is 424 g/mol. The van der Waals surface area contributed by atoms with E-state index in [1.54, 1.807) is 20.8 Å². The summed E-state index contributed by atoms with van der Waals surface area (Å²) < 4.78 is 10.2. The quantitative estimate of drug-likeness (QED) is 0.450. The molecule has 0 aliphatic carbocycles. The summed E-state index contributed by atoms with van der Waals surface area (Å²) in [6.45, 7) is 10.7. The van der Waals surface area contributed by atoms with Crippen LogP contribution in [0.15, 0.2) is 30.5 Å². The predicted octanol–water partition coefficient (Wildman–Crippen LogP) is 2.65. The Labute approximate surface area is 195 Å². The van der Waals surface area contributed by atoms with Gasteiger partial charge < -0.3 is 25.1 Å². The highest BCUT2D eigenvalue weighted by Crippen LogP contribution is 2.20. The van der Waals surface area contributed by atoms with Gasteiger partial charge in [-0.2, -0.15) is 0 Å². The minimum atomic E-state index is -0.926. The van der Waals surface area contributed by atoms with E-state index in [1.165, 1.54) is 7.11 Å². The number of carbonyl (C=O) groups is 3. The van der Waals surface area contributed by atoms with Crippen molar-refractivity contribution < 1.29 is 23.9 Å². The van der Waals surface area contributed by atoms with Gasteiger partial charge >= 0.3 is 12.1 Å². The number of rotatable bonds is 8. The summed E-state index contributed by atoms with van der Waals surface area (Å²) in [6, 6.07) is 6.13. The van der Waals surface area contributed by atoms with Crippen molar-refractivity contribution in [3.8, 4) is 0 Å². The topological polar surface area (TPSA) is 122 Å². The van der Waals surface area contributed by atoms with Gasteiger partial charge in [-0.1, -0.05) is 18.2 Å². The summed E-state index contributed by atoms with van der Waals surface area (Å²) in [6.07, 6.45) is 1.52. The van der Waals surface area contributed by atoms with Gasteiger partial charge in [-0.05, 0) is 59.6 Å². The lowest BCUT2D eigenvalue weighted by molar-refractivity contribution is -0.139. The first-order chi connectivity index (χ1) is 15.3. The maximum atomic E-state index is 13.2. The number of esters is 1. The molecule has 0 aliphatic heterocycles. The fourth-order valence-corrected chi connectivity index (χ4v) is 3.38. The average Bonchev–Trinajstić information content (AvgIpc) is 3.08. The Hall–Kier alpha value is -3.07. The molecule has 0 fully saturated rings. The molecule has 33 heavy (non-hydrogen) atoms. The largest absolute Gasteiger partial charge is 0.468 e. The monoisotopic (exact) mass is 460 g/mol. The smallest absolute Gasteiger partial charge is 0.407 e. The number of fused-ring (bicyclic) bond motifs is 1. The Morgan fingerprint density at radius 2 is 1.73 bits per heavy atom. The molecular formula is C24H36N4O5. The van der Waals surface area contributed by atoms with E-state index in [9.17, 15) is 14.4 Å². The molecule has 1 heterocycles. The minimum Gasteiger partial charge on any atom is -0.468 e. The second kappa shape index (κ2) is 10.7. The summed E-state index contributed by atoms with van der Waals surface area (Å²) in [5.41, 5.74) is 0.638. The van der Waals surface area contributed by atoms with E-state index in [2.05, 4.69) is 20.9 Å². The molecule has 2 amide bonds. The lowest BCUT2D eigenvalue weighted by Crippen LogP contribution is -2.61. The molecule has 4 N–H and O–H groups in total. The maximum Gasteiger partial charge on any atom is 0.407 e. The summed E-state index contributed by atoms with van der Waals surface area (Å²) in [7, 11) is 1.27. The van der Waals surface area contributed by atoms with Gasteiger partial charge in [-0.3, -0.25) is 14.9 Å². The zero-order chi connectivity index (χ0) is 24.8. The van der Waals surface area contributed by atoms with Crippen molar-refractivity contribution in [2.45, 2.75) is 71.2 Å². The standard InChI is InChI=1S/C24H36N4O5/c1-23(2,3)28-21(30)20(26-14-19(29)32-7)18(27-22(31)33-24(4,5)6)12-15-13-25-17-11-9-8-10-16(15)17/h8-11,13,18,20,25-26H,12,14H2,1-7H3,(H,27,31)(H,28,30)/t18-,20?/m0/s1. The summed E-state index contributed by atoms with van der Waals surface area (Å²) in [5.74, 6) is -0.876. The van der Waals surface area contributed by atoms with Crippen LogP contribution in [0.3, 0.4) is 0 Å². The molecule has 0 saturated heterocycles. The number of para-hydroxylation sites is 1. The second-order valence-corrected chi connectivity index (χ2v) is 9.99. The third kappa shape index (κ3) is 8.42. The van der Waals surface area contributed by atoms with Crippen molar-refractivity contribution in [1.29, 1.82) is 0 Å². The highest BCUT2D eigenvalue weighted by Gasteiger charge is 2.33. The van der Waals surface area contributed by atoms with Crippen LogP contribution < -0.4 is 16.0 Å². The number of carbonyl (C=O) groups excluding carboxylic acids is 3. The van der Waals surface area contributed by atoms with Crippen molar-refractivity contribution in [3.63, 3.8) is 0 Å². The number of methoxy groups -OCH3 is 1. The molecule has 9 heteroatoms. The Kier molecular flexibility index (Phi) is 8.49. The number of alkyl carbamates (subject to hydrolysis) is 1. The molecule has 0 saturated carbocycles. The van der Waals surface area contributed by atoms with Crippen molar-refractivity contribution in [2.75, 3.05) is 13.7 Å². The first-order valence-electron chi connectivity index (χ1n) is 11.0. The van der Waals surface area contributed by atoms with E-state index in [-0.39, 0.29) is 12.5 Å². The van der Waals surface area contributed by atoms with Gasteiger partial charge in [0.25, 0.3) is 0 Å². The highest BCUT2D eigenvalue weighted by molar-refractivity contribution is 5.86. The van der Waals surface area contributed by atoms with E-state index in [0.717, 1.165) is 16.5 Å². The van der Waals surface area contributed by atoms with Crippen LogP contribution >= 0.6 is 0 Å². The molecule has 1 unspecified atom stereocenters. The molecule has 1 aromatic heterocycles. The molecule has 0 radical (unpaired) electrons. The number of aromatic amines is 1. The Balaban J connectivity index is 2.40. The Morgan fingerprint density at radius 1 is 1.06 bits per heavy atom. The van der Waals surface area contributed by atoms with Crippen LogP contribution in [-0.4, -0.2) is 59.8 Å². The molecule has 2 rings (SSSR count).